The molecule has 0 saturated heterocycles. The second-order valence-corrected chi connectivity index (χ2v) is 4.65. The standard InChI is InChI=1S/C12H10BrFN2O3/c13-8-2-1-3-9(6-8)19-5-4-16-7-10(14)11(17)15-12(16)18/h1-3,6-7H,4-5H2,(H,15,17,18). The lowest BCUT2D eigenvalue weighted by Gasteiger charge is -2.08. The van der Waals surface area contributed by atoms with E-state index in [1.807, 2.05) is 17.1 Å². The summed E-state index contributed by atoms with van der Waals surface area (Å²) in [5, 5.41) is 0. The summed E-state index contributed by atoms with van der Waals surface area (Å²) in [6.45, 7) is 0.320. The first kappa shape index (κ1) is 13.5. The Kier molecular flexibility index (Phi) is 4.16. The number of H-pyrrole nitrogens is 1. The third-order valence-corrected chi connectivity index (χ3v) is 2.86. The van der Waals surface area contributed by atoms with Crippen molar-refractivity contribution in [3.63, 3.8) is 0 Å². The van der Waals surface area contributed by atoms with Gasteiger partial charge in [0, 0.05) is 4.47 Å². The van der Waals surface area contributed by atoms with E-state index in [9.17, 15) is 14.0 Å². The number of hydrogen-bond donors (Lipinski definition) is 1. The Morgan fingerprint density at radius 2 is 2.16 bits per heavy atom. The van der Waals surface area contributed by atoms with Gasteiger partial charge in [0.15, 0.2) is 0 Å². The fourth-order valence-electron chi connectivity index (χ4n) is 1.47. The molecule has 7 heteroatoms. The Morgan fingerprint density at radius 3 is 2.89 bits per heavy atom. The Hall–Kier alpha value is -1.89. The molecule has 1 aromatic carbocycles. The van der Waals surface area contributed by atoms with E-state index >= 15 is 0 Å². The maximum Gasteiger partial charge on any atom is 0.328 e. The van der Waals surface area contributed by atoms with Crippen LogP contribution in [0, 0.1) is 5.82 Å². The van der Waals surface area contributed by atoms with Gasteiger partial charge in [-0.3, -0.25) is 14.3 Å². The summed E-state index contributed by atoms with van der Waals surface area (Å²) < 4.78 is 20.3. The van der Waals surface area contributed by atoms with Crippen LogP contribution in [-0.2, 0) is 6.54 Å². The summed E-state index contributed by atoms with van der Waals surface area (Å²) in [5.41, 5.74) is -1.68. The molecule has 0 unspecified atom stereocenters. The van der Waals surface area contributed by atoms with Crippen molar-refractivity contribution in [3.8, 4) is 5.75 Å². The van der Waals surface area contributed by atoms with Crippen molar-refractivity contribution in [1.29, 1.82) is 0 Å². The van der Waals surface area contributed by atoms with Gasteiger partial charge in [0.1, 0.15) is 12.4 Å². The molecule has 0 bridgehead atoms. The van der Waals surface area contributed by atoms with Crippen LogP contribution in [-0.4, -0.2) is 16.2 Å². The van der Waals surface area contributed by atoms with Gasteiger partial charge in [0.25, 0.3) is 5.56 Å². The van der Waals surface area contributed by atoms with Crippen LogP contribution in [0.1, 0.15) is 0 Å². The van der Waals surface area contributed by atoms with Gasteiger partial charge in [-0.1, -0.05) is 22.0 Å². The second-order valence-electron chi connectivity index (χ2n) is 3.74. The molecule has 5 nitrogen and oxygen atoms in total. The van der Waals surface area contributed by atoms with E-state index in [1.165, 1.54) is 0 Å². The monoisotopic (exact) mass is 328 g/mol. The Balaban J connectivity index is 2.02. The molecule has 2 aromatic rings. The zero-order valence-corrected chi connectivity index (χ0v) is 11.3. The van der Waals surface area contributed by atoms with E-state index in [4.69, 9.17) is 4.74 Å². The van der Waals surface area contributed by atoms with Gasteiger partial charge < -0.3 is 4.74 Å². The van der Waals surface area contributed by atoms with E-state index in [0.29, 0.717) is 5.75 Å². The minimum atomic E-state index is -1.02. The highest BCUT2D eigenvalue weighted by Crippen LogP contribution is 2.17. The van der Waals surface area contributed by atoms with Crippen LogP contribution in [0.25, 0.3) is 0 Å². The van der Waals surface area contributed by atoms with Crippen LogP contribution in [0.15, 0.2) is 44.5 Å². The van der Waals surface area contributed by atoms with Gasteiger partial charge in [0.05, 0.1) is 12.7 Å². The maximum absolute atomic E-state index is 13.0. The van der Waals surface area contributed by atoms with Crippen LogP contribution in [0.4, 0.5) is 4.39 Å². The predicted molar refractivity (Wildman–Crippen MR) is 70.9 cm³/mol. The zero-order chi connectivity index (χ0) is 13.8. The molecule has 1 N–H and O–H groups in total. The van der Waals surface area contributed by atoms with E-state index in [1.54, 1.807) is 12.1 Å². The first-order valence-corrected chi connectivity index (χ1v) is 6.23. The Morgan fingerprint density at radius 1 is 1.37 bits per heavy atom. The topological polar surface area (TPSA) is 64.1 Å². The SMILES string of the molecule is O=c1[nH]c(=O)n(CCOc2cccc(Br)c2)cc1F. The van der Waals surface area contributed by atoms with Crippen LogP contribution < -0.4 is 16.0 Å². The number of rotatable bonds is 4. The molecule has 0 amide bonds. The van der Waals surface area contributed by atoms with Crippen LogP contribution in [0.3, 0.4) is 0 Å². The summed E-state index contributed by atoms with van der Waals surface area (Å²) in [6.07, 6.45) is 0.867. The average Bonchev–Trinajstić information content (AvgIpc) is 2.35. The molecule has 19 heavy (non-hydrogen) atoms. The van der Waals surface area contributed by atoms with Crippen molar-refractivity contribution in [2.45, 2.75) is 6.54 Å². The highest BCUT2D eigenvalue weighted by molar-refractivity contribution is 9.10. The molecule has 0 atom stereocenters. The minimum absolute atomic E-state index is 0.138. The van der Waals surface area contributed by atoms with Gasteiger partial charge in [-0.2, -0.15) is 4.39 Å². The van der Waals surface area contributed by atoms with Crippen molar-refractivity contribution < 1.29 is 9.13 Å². The molecular formula is C12H10BrFN2O3. The molecular weight excluding hydrogens is 319 g/mol. The van der Waals surface area contributed by atoms with E-state index in [2.05, 4.69) is 15.9 Å². The third kappa shape index (κ3) is 3.54. The lowest BCUT2D eigenvalue weighted by Crippen LogP contribution is -2.32. The molecule has 0 aliphatic carbocycles. The molecule has 100 valence electrons. The van der Waals surface area contributed by atoms with Crippen LogP contribution >= 0.6 is 15.9 Å². The van der Waals surface area contributed by atoms with E-state index in [0.717, 1.165) is 15.2 Å². The molecule has 2 rings (SSSR count). The molecule has 0 fully saturated rings. The fraction of sp³-hybridized carbons (Fsp3) is 0.167. The Bertz CT molecular complexity index is 696. The molecule has 0 saturated carbocycles. The van der Waals surface area contributed by atoms with Crippen molar-refractivity contribution in [2.75, 3.05) is 6.61 Å². The lowest BCUT2D eigenvalue weighted by atomic mass is 10.3. The summed E-state index contributed by atoms with van der Waals surface area (Å²) in [5.74, 6) is -0.366. The fourth-order valence-corrected chi connectivity index (χ4v) is 1.85. The van der Waals surface area contributed by atoms with Crippen molar-refractivity contribution in [1.82, 2.24) is 9.55 Å². The van der Waals surface area contributed by atoms with Crippen LogP contribution in [0.2, 0.25) is 0 Å². The summed E-state index contributed by atoms with van der Waals surface area (Å²) in [7, 11) is 0. The number of halogens is 2. The third-order valence-electron chi connectivity index (χ3n) is 2.36. The number of hydrogen-bond acceptors (Lipinski definition) is 3. The first-order valence-electron chi connectivity index (χ1n) is 5.44. The lowest BCUT2D eigenvalue weighted by molar-refractivity contribution is 0.293. The van der Waals surface area contributed by atoms with Gasteiger partial charge >= 0.3 is 5.69 Å². The average molecular weight is 329 g/mol. The quantitative estimate of drug-likeness (QED) is 0.925. The van der Waals surface area contributed by atoms with E-state index < -0.39 is 17.1 Å². The van der Waals surface area contributed by atoms with Crippen molar-refractivity contribution in [2.24, 2.45) is 0 Å². The van der Waals surface area contributed by atoms with Gasteiger partial charge in [-0.15, -0.1) is 0 Å². The number of nitrogens with one attached hydrogen (secondary N) is 1. The normalized spacial score (nSPS) is 10.4. The predicted octanol–water partition coefficient (Wildman–Crippen LogP) is 1.52. The van der Waals surface area contributed by atoms with Gasteiger partial charge in [0.2, 0.25) is 5.82 Å². The number of ether oxygens (including phenoxy) is 1. The number of aromatic nitrogens is 2. The van der Waals surface area contributed by atoms with Gasteiger partial charge in [-0.05, 0) is 18.2 Å². The van der Waals surface area contributed by atoms with Crippen LogP contribution in [0.5, 0.6) is 5.75 Å². The van der Waals surface area contributed by atoms with Crippen molar-refractivity contribution in [3.05, 3.63) is 61.6 Å². The molecule has 0 spiro atoms. The zero-order valence-electron chi connectivity index (χ0n) is 9.73. The van der Waals surface area contributed by atoms with E-state index in [-0.39, 0.29) is 13.2 Å². The number of aromatic amines is 1. The molecule has 1 heterocycles. The first-order chi connectivity index (χ1) is 9.06. The minimum Gasteiger partial charge on any atom is -0.492 e. The number of nitrogens with zero attached hydrogens (tertiary/aromatic N) is 1. The molecule has 1 aromatic heterocycles. The van der Waals surface area contributed by atoms with Gasteiger partial charge in [-0.25, -0.2) is 4.79 Å². The molecule has 0 aliphatic heterocycles. The van der Waals surface area contributed by atoms with Crippen molar-refractivity contribution >= 4 is 15.9 Å². The molecule has 0 radical (unpaired) electrons. The summed E-state index contributed by atoms with van der Waals surface area (Å²) in [4.78, 5) is 24.1. The second kappa shape index (κ2) is 5.83. The smallest absolute Gasteiger partial charge is 0.328 e. The largest absolute Gasteiger partial charge is 0.492 e. The summed E-state index contributed by atoms with van der Waals surface area (Å²) >= 11 is 3.30. The Labute approximate surface area is 115 Å². The summed E-state index contributed by atoms with van der Waals surface area (Å²) in [6, 6.07) is 7.21. The highest BCUT2D eigenvalue weighted by Gasteiger charge is 2.03. The highest BCUT2D eigenvalue weighted by atomic mass is 79.9. The number of benzene rings is 1. The molecule has 0 aliphatic rings. The maximum atomic E-state index is 13.0.